The van der Waals surface area contributed by atoms with E-state index in [1.54, 1.807) is 6.20 Å². The van der Waals surface area contributed by atoms with Crippen molar-refractivity contribution in [3.8, 4) is 0 Å². The monoisotopic (exact) mass is 342 g/mol. The average Bonchev–Trinajstić information content (AvgIpc) is 2.61. The van der Waals surface area contributed by atoms with Gasteiger partial charge in [-0.3, -0.25) is 4.98 Å². The predicted molar refractivity (Wildman–Crippen MR) is 99.7 cm³/mol. The Morgan fingerprint density at radius 1 is 1.28 bits per heavy atom. The van der Waals surface area contributed by atoms with E-state index >= 15 is 0 Å². The molecule has 1 aromatic carbocycles. The molecule has 2 heterocycles. The molecule has 1 aliphatic rings. The second kappa shape index (κ2) is 7.37. The number of rotatable bonds is 4. The average molecular weight is 342 g/mol. The van der Waals surface area contributed by atoms with Crippen LogP contribution in [0.5, 0.6) is 0 Å². The van der Waals surface area contributed by atoms with E-state index in [0.29, 0.717) is 24.6 Å². The molecule has 0 unspecified atom stereocenters. The van der Waals surface area contributed by atoms with Crippen LogP contribution in [0.3, 0.4) is 0 Å². The maximum Gasteiger partial charge on any atom is 0.319 e. The third-order valence-electron chi connectivity index (χ3n) is 4.92. The molecule has 0 aliphatic carbocycles. The summed E-state index contributed by atoms with van der Waals surface area (Å²) in [5.74, 6) is 0. The summed E-state index contributed by atoms with van der Waals surface area (Å²) >= 11 is 0. The number of nitrogens with one attached hydrogen (secondary N) is 2. The van der Waals surface area contributed by atoms with Gasteiger partial charge in [-0.15, -0.1) is 0 Å². The highest BCUT2D eigenvalue weighted by Crippen LogP contribution is 2.23. The number of para-hydroxylation sites is 1. The number of nitrogens with zero attached hydrogens (tertiary/aromatic N) is 2. The number of hydrogen-bond acceptors (Lipinski definition) is 4. The van der Waals surface area contributed by atoms with Gasteiger partial charge in [-0.1, -0.05) is 18.2 Å². The molecule has 0 atom stereocenters. The second-order valence-electron chi connectivity index (χ2n) is 7.04. The lowest BCUT2D eigenvalue weighted by Crippen LogP contribution is -2.52. The Morgan fingerprint density at radius 3 is 2.72 bits per heavy atom. The minimum atomic E-state index is -0.834. The summed E-state index contributed by atoms with van der Waals surface area (Å²) in [7, 11) is 0. The minimum Gasteiger partial charge on any atom is -0.388 e. The molecule has 2 aromatic rings. The van der Waals surface area contributed by atoms with Crippen molar-refractivity contribution in [2.24, 2.45) is 0 Å². The van der Waals surface area contributed by atoms with Crippen molar-refractivity contribution in [1.29, 1.82) is 0 Å². The molecule has 0 saturated carbocycles. The van der Waals surface area contributed by atoms with Crippen molar-refractivity contribution in [3.63, 3.8) is 0 Å². The van der Waals surface area contributed by atoms with Gasteiger partial charge in [-0.05, 0) is 38.8 Å². The standard InChI is InChI=1S/C19H26N4O2/c1-14(2)23-11-8-19(25,9-12-23)13-21-18(24)22-16-7-3-5-15-6-4-10-20-17(15)16/h3-7,10,14,25H,8-9,11-13H2,1-2H3,(H2,21,22,24). The third-order valence-corrected chi connectivity index (χ3v) is 4.92. The number of urea groups is 1. The predicted octanol–water partition coefficient (Wildman–Crippen LogP) is 2.59. The van der Waals surface area contributed by atoms with Crippen LogP contribution in [0, 0.1) is 0 Å². The van der Waals surface area contributed by atoms with Crippen LogP contribution < -0.4 is 10.6 Å². The van der Waals surface area contributed by atoms with Gasteiger partial charge in [-0.2, -0.15) is 0 Å². The Kier molecular flexibility index (Phi) is 5.20. The number of aromatic nitrogens is 1. The Hall–Kier alpha value is -2.18. The largest absolute Gasteiger partial charge is 0.388 e. The van der Waals surface area contributed by atoms with Gasteiger partial charge >= 0.3 is 6.03 Å². The molecular weight excluding hydrogens is 316 g/mol. The third kappa shape index (κ3) is 4.27. The number of anilines is 1. The van der Waals surface area contributed by atoms with E-state index in [4.69, 9.17) is 0 Å². The highest BCUT2D eigenvalue weighted by atomic mass is 16.3. The van der Waals surface area contributed by atoms with Crippen LogP contribution in [0.2, 0.25) is 0 Å². The van der Waals surface area contributed by atoms with E-state index in [9.17, 15) is 9.90 Å². The molecule has 25 heavy (non-hydrogen) atoms. The van der Waals surface area contributed by atoms with Gasteiger partial charge in [0.15, 0.2) is 0 Å². The zero-order valence-corrected chi connectivity index (χ0v) is 14.8. The quantitative estimate of drug-likeness (QED) is 0.798. The summed E-state index contributed by atoms with van der Waals surface area (Å²) in [6.45, 7) is 6.28. The SMILES string of the molecule is CC(C)N1CCC(O)(CNC(=O)Nc2cccc3cccnc23)CC1. The zero-order valence-electron chi connectivity index (χ0n) is 14.8. The van der Waals surface area contributed by atoms with Crippen molar-refractivity contribution in [1.82, 2.24) is 15.2 Å². The molecule has 1 aliphatic heterocycles. The molecule has 1 fully saturated rings. The summed E-state index contributed by atoms with van der Waals surface area (Å²) in [5.41, 5.74) is 0.584. The molecule has 3 rings (SSSR count). The van der Waals surface area contributed by atoms with Crippen molar-refractivity contribution in [2.75, 3.05) is 25.0 Å². The Labute approximate surface area is 148 Å². The highest BCUT2D eigenvalue weighted by molar-refractivity contribution is 5.99. The lowest BCUT2D eigenvalue weighted by molar-refractivity contribution is -0.0242. The molecule has 134 valence electrons. The molecule has 3 N–H and O–H groups in total. The van der Waals surface area contributed by atoms with Gasteiger partial charge in [0, 0.05) is 37.3 Å². The van der Waals surface area contributed by atoms with E-state index in [1.807, 2.05) is 30.3 Å². The first-order valence-corrected chi connectivity index (χ1v) is 8.82. The molecule has 2 amide bonds. The Morgan fingerprint density at radius 2 is 2.00 bits per heavy atom. The number of piperidine rings is 1. The molecule has 1 saturated heterocycles. The molecule has 6 nitrogen and oxygen atoms in total. The van der Waals surface area contributed by atoms with Crippen LogP contribution in [-0.4, -0.2) is 52.3 Å². The Balaban J connectivity index is 1.56. The van der Waals surface area contributed by atoms with Gasteiger partial charge in [0.25, 0.3) is 0 Å². The number of carbonyl (C=O) groups is 1. The number of benzene rings is 1. The number of fused-ring (bicyclic) bond motifs is 1. The van der Waals surface area contributed by atoms with E-state index in [1.165, 1.54) is 0 Å². The number of pyridine rings is 1. The van der Waals surface area contributed by atoms with Gasteiger partial charge in [-0.25, -0.2) is 4.79 Å². The maximum absolute atomic E-state index is 12.2. The summed E-state index contributed by atoms with van der Waals surface area (Å²) in [4.78, 5) is 18.9. The summed E-state index contributed by atoms with van der Waals surface area (Å²) < 4.78 is 0. The van der Waals surface area contributed by atoms with Crippen LogP contribution in [0.25, 0.3) is 10.9 Å². The number of hydrogen-bond donors (Lipinski definition) is 3. The van der Waals surface area contributed by atoms with Gasteiger partial charge in [0.1, 0.15) is 0 Å². The smallest absolute Gasteiger partial charge is 0.319 e. The first-order chi connectivity index (χ1) is 12.0. The van der Waals surface area contributed by atoms with Crippen molar-refractivity contribution < 1.29 is 9.90 Å². The molecule has 0 bridgehead atoms. The van der Waals surface area contributed by atoms with Crippen LogP contribution in [0.1, 0.15) is 26.7 Å². The normalized spacial score (nSPS) is 17.6. The van der Waals surface area contributed by atoms with Crippen molar-refractivity contribution in [2.45, 2.75) is 38.3 Å². The fourth-order valence-electron chi connectivity index (χ4n) is 3.25. The molecule has 1 aromatic heterocycles. The van der Waals surface area contributed by atoms with Crippen molar-refractivity contribution >= 4 is 22.6 Å². The van der Waals surface area contributed by atoms with Crippen molar-refractivity contribution in [3.05, 3.63) is 36.5 Å². The molecule has 0 radical (unpaired) electrons. The summed E-state index contributed by atoms with van der Waals surface area (Å²) in [6, 6.07) is 9.65. The van der Waals surface area contributed by atoms with Crippen LogP contribution >= 0.6 is 0 Å². The van der Waals surface area contributed by atoms with E-state index in [-0.39, 0.29) is 12.6 Å². The van der Waals surface area contributed by atoms with Crippen LogP contribution in [0.4, 0.5) is 10.5 Å². The first-order valence-electron chi connectivity index (χ1n) is 8.82. The molecule has 0 spiro atoms. The topological polar surface area (TPSA) is 77.5 Å². The maximum atomic E-state index is 12.2. The van der Waals surface area contributed by atoms with E-state index in [2.05, 4.69) is 34.4 Å². The number of amides is 2. The highest BCUT2D eigenvalue weighted by Gasteiger charge is 2.33. The zero-order chi connectivity index (χ0) is 17.9. The number of likely N-dealkylation sites (tertiary alicyclic amines) is 1. The van der Waals surface area contributed by atoms with Crippen LogP contribution in [-0.2, 0) is 0 Å². The summed E-state index contributed by atoms with van der Waals surface area (Å²) in [5, 5.41) is 17.3. The fourth-order valence-corrected chi connectivity index (χ4v) is 3.25. The van der Waals surface area contributed by atoms with E-state index < -0.39 is 5.60 Å². The van der Waals surface area contributed by atoms with Gasteiger partial charge in [0.05, 0.1) is 16.8 Å². The van der Waals surface area contributed by atoms with Gasteiger partial charge in [0.2, 0.25) is 0 Å². The number of carbonyl (C=O) groups excluding carboxylic acids is 1. The van der Waals surface area contributed by atoms with Crippen LogP contribution in [0.15, 0.2) is 36.5 Å². The summed E-state index contributed by atoms with van der Waals surface area (Å²) in [6.07, 6.45) is 3.04. The Bertz CT molecular complexity index is 734. The molecular formula is C19H26N4O2. The lowest BCUT2D eigenvalue weighted by atomic mass is 9.91. The van der Waals surface area contributed by atoms with Gasteiger partial charge < -0.3 is 20.6 Å². The number of aliphatic hydroxyl groups is 1. The molecule has 6 heteroatoms. The van der Waals surface area contributed by atoms with E-state index in [0.717, 1.165) is 24.0 Å². The lowest BCUT2D eigenvalue weighted by Gasteiger charge is -2.40. The first kappa shape index (κ1) is 17.6. The fraction of sp³-hybridized carbons (Fsp3) is 0.474. The second-order valence-corrected chi connectivity index (χ2v) is 7.04. The minimum absolute atomic E-state index is 0.253.